The molecule has 3 unspecified atom stereocenters. The summed E-state index contributed by atoms with van der Waals surface area (Å²) in [6.07, 6.45) is 1.39. The molecule has 3 atom stereocenters. The quantitative estimate of drug-likeness (QED) is 0.827. The standard InChI is InChI=1S/C18H25F2NO3/c1-11(2)17(24-10-14-5-4-8-23-14)18(22)21-12(3)13-6-7-15(19)16(20)9-13/h6-7,9,11-12,14,17H,4-5,8,10H2,1-3H3,(H,21,22). The Morgan fingerprint density at radius 3 is 2.67 bits per heavy atom. The van der Waals surface area contributed by atoms with Crippen LogP contribution in [0.2, 0.25) is 0 Å². The van der Waals surface area contributed by atoms with Crippen molar-refractivity contribution < 1.29 is 23.0 Å². The summed E-state index contributed by atoms with van der Waals surface area (Å²) in [4.78, 5) is 12.5. The Balaban J connectivity index is 1.94. The number of amides is 1. The van der Waals surface area contributed by atoms with Gasteiger partial charge in [0.1, 0.15) is 6.10 Å². The molecule has 1 aliphatic heterocycles. The van der Waals surface area contributed by atoms with E-state index in [1.54, 1.807) is 6.92 Å². The number of ether oxygens (including phenoxy) is 2. The first-order valence-electron chi connectivity index (χ1n) is 8.37. The van der Waals surface area contributed by atoms with Gasteiger partial charge in [0.05, 0.1) is 18.8 Å². The van der Waals surface area contributed by atoms with E-state index in [1.807, 2.05) is 13.8 Å². The lowest BCUT2D eigenvalue weighted by atomic mass is 10.0. The maximum Gasteiger partial charge on any atom is 0.249 e. The van der Waals surface area contributed by atoms with Crippen LogP contribution < -0.4 is 5.32 Å². The third-order valence-electron chi connectivity index (χ3n) is 4.15. The largest absolute Gasteiger partial charge is 0.376 e. The minimum absolute atomic E-state index is 0.0106. The molecule has 1 saturated heterocycles. The molecule has 1 aromatic rings. The van der Waals surface area contributed by atoms with E-state index in [2.05, 4.69) is 5.32 Å². The van der Waals surface area contributed by atoms with Crippen LogP contribution in [0.3, 0.4) is 0 Å². The van der Waals surface area contributed by atoms with Gasteiger partial charge in [-0.15, -0.1) is 0 Å². The average molecular weight is 341 g/mol. The lowest BCUT2D eigenvalue weighted by Crippen LogP contribution is -2.42. The molecular weight excluding hydrogens is 316 g/mol. The zero-order chi connectivity index (χ0) is 17.7. The second-order valence-corrected chi connectivity index (χ2v) is 6.54. The molecule has 0 aliphatic carbocycles. The minimum atomic E-state index is -0.927. The summed E-state index contributed by atoms with van der Waals surface area (Å²) in [5.74, 6) is -2.11. The molecule has 1 N–H and O–H groups in total. The molecule has 2 rings (SSSR count). The fourth-order valence-electron chi connectivity index (χ4n) is 2.72. The summed E-state index contributed by atoms with van der Waals surface area (Å²) in [5, 5.41) is 2.81. The van der Waals surface area contributed by atoms with Crippen LogP contribution in [0.5, 0.6) is 0 Å². The molecule has 0 aromatic heterocycles. The van der Waals surface area contributed by atoms with Crippen molar-refractivity contribution in [2.75, 3.05) is 13.2 Å². The molecule has 1 fully saturated rings. The summed E-state index contributed by atoms with van der Waals surface area (Å²) in [7, 11) is 0. The van der Waals surface area contributed by atoms with Gasteiger partial charge in [0.15, 0.2) is 11.6 Å². The van der Waals surface area contributed by atoms with Gasteiger partial charge in [0.2, 0.25) is 5.91 Å². The first-order valence-corrected chi connectivity index (χ1v) is 8.37. The van der Waals surface area contributed by atoms with E-state index in [1.165, 1.54) is 6.07 Å². The topological polar surface area (TPSA) is 47.6 Å². The van der Waals surface area contributed by atoms with Crippen LogP contribution in [0.1, 0.15) is 45.2 Å². The monoisotopic (exact) mass is 341 g/mol. The van der Waals surface area contributed by atoms with Gasteiger partial charge in [-0.3, -0.25) is 4.79 Å². The lowest BCUT2D eigenvalue weighted by Gasteiger charge is -2.24. The highest BCUT2D eigenvalue weighted by molar-refractivity contribution is 5.81. The van der Waals surface area contributed by atoms with Crippen molar-refractivity contribution in [3.8, 4) is 0 Å². The average Bonchev–Trinajstić information content (AvgIpc) is 3.03. The maximum absolute atomic E-state index is 13.3. The summed E-state index contributed by atoms with van der Waals surface area (Å²) in [6, 6.07) is 3.17. The number of benzene rings is 1. The number of carbonyl (C=O) groups is 1. The fourth-order valence-corrected chi connectivity index (χ4v) is 2.72. The van der Waals surface area contributed by atoms with E-state index in [0.717, 1.165) is 31.6 Å². The molecule has 0 bridgehead atoms. The van der Waals surface area contributed by atoms with Crippen LogP contribution in [-0.4, -0.2) is 31.3 Å². The van der Waals surface area contributed by atoms with Crippen LogP contribution in [0.25, 0.3) is 0 Å². The Morgan fingerprint density at radius 2 is 2.08 bits per heavy atom. The number of nitrogens with one attached hydrogen (secondary N) is 1. The van der Waals surface area contributed by atoms with Gasteiger partial charge in [0, 0.05) is 6.61 Å². The summed E-state index contributed by atoms with van der Waals surface area (Å²) >= 11 is 0. The van der Waals surface area contributed by atoms with Crippen molar-refractivity contribution in [1.29, 1.82) is 0 Å². The molecule has 0 radical (unpaired) electrons. The van der Waals surface area contributed by atoms with Crippen molar-refractivity contribution in [3.05, 3.63) is 35.4 Å². The Kier molecular flexibility index (Phi) is 6.69. The third kappa shape index (κ3) is 4.98. The van der Waals surface area contributed by atoms with Crippen molar-refractivity contribution in [1.82, 2.24) is 5.32 Å². The highest BCUT2D eigenvalue weighted by Gasteiger charge is 2.27. The zero-order valence-corrected chi connectivity index (χ0v) is 14.4. The highest BCUT2D eigenvalue weighted by Crippen LogP contribution is 2.18. The normalized spacial score (nSPS) is 20.2. The smallest absolute Gasteiger partial charge is 0.249 e. The summed E-state index contributed by atoms with van der Waals surface area (Å²) < 4.78 is 37.6. The van der Waals surface area contributed by atoms with E-state index in [-0.39, 0.29) is 17.9 Å². The Hall–Kier alpha value is -1.53. The Morgan fingerprint density at radius 1 is 1.33 bits per heavy atom. The lowest BCUT2D eigenvalue weighted by molar-refractivity contribution is -0.139. The molecular formula is C18H25F2NO3. The van der Waals surface area contributed by atoms with E-state index >= 15 is 0 Å². The van der Waals surface area contributed by atoms with Gasteiger partial charge in [-0.2, -0.15) is 0 Å². The van der Waals surface area contributed by atoms with Gasteiger partial charge in [-0.05, 0) is 43.4 Å². The molecule has 1 aromatic carbocycles. The molecule has 1 amide bonds. The van der Waals surface area contributed by atoms with Gasteiger partial charge in [-0.25, -0.2) is 8.78 Å². The Labute approximate surface area is 141 Å². The molecule has 0 spiro atoms. The number of carbonyl (C=O) groups excluding carboxylic acids is 1. The predicted octanol–water partition coefficient (Wildman–Crippen LogP) is 3.36. The van der Waals surface area contributed by atoms with Crippen LogP contribution in [0, 0.1) is 17.6 Å². The van der Waals surface area contributed by atoms with Gasteiger partial charge >= 0.3 is 0 Å². The van der Waals surface area contributed by atoms with E-state index in [9.17, 15) is 13.6 Å². The summed E-state index contributed by atoms with van der Waals surface area (Å²) in [6.45, 7) is 6.65. The Bertz CT molecular complexity index is 559. The zero-order valence-electron chi connectivity index (χ0n) is 14.4. The molecule has 1 heterocycles. The van der Waals surface area contributed by atoms with Crippen LogP contribution in [0.15, 0.2) is 18.2 Å². The van der Waals surface area contributed by atoms with Crippen molar-refractivity contribution in [2.24, 2.45) is 5.92 Å². The third-order valence-corrected chi connectivity index (χ3v) is 4.15. The van der Waals surface area contributed by atoms with Crippen LogP contribution >= 0.6 is 0 Å². The predicted molar refractivity (Wildman–Crippen MR) is 86.5 cm³/mol. The first-order chi connectivity index (χ1) is 11.4. The second kappa shape index (κ2) is 8.53. The van der Waals surface area contributed by atoms with E-state index in [0.29, 0.717) is 12.2 Å². The summed E-state index contributed by atoms with van der Waals surface area (Å²) in [5.41, 5.74) is 0.504. The highest BCUT2D eigenvalue weighted by atomic mass is 19.2. The van der Waals surface area contributed by atoms with Crippen LogP contribution in [-0.2, 0) is 14.3 Å². The molecule has 134 valence electrons. The molecule has 24 heavy (non-hydrogen) atoms. The van der Waals surface area contributed by atoms with Crippen molar-refractivity contribution >= 4 is 5.91 Å². The molecule has 1 aliphatic rings. The minimum Gasteiger partial charge on any atom is -0.376 e. The first kappa shape index (κ1) is 18.8. The van der Waals surface area contributed by atoms with Crippen molar-refractivity contribution in [3.63, 3.8) is 0 Å². The number of halogens is 2. The second-order valence-electron chi connectivity index (χ2n) is 6.54. The van der Waals surface area contributed by atoms with Gasteiger partial charge < -0.3 is 14.8 Å². The maximum atomic E-state index is 13.3. The molecule has 6 heteroatoms. The van der Waals surface area contributed by atoms with Gasteiger partial charge in [-0.1, -0.05) is 19.9 Å². The number of hydrogen-bond acceptors (Lipinski definition) is 3. The van der Waals surface area contributed by atoms with Crippen LogP contribution in [0.4, 0.5) is 8.78 Å². The van der Waals surface area contributed by atoms with E-state index < -0.39 is 23.8 Å². The van der Waals surface area contributed by atoms with Gasteiger partial charge in [0.25, 0.3) is 0 Å². The number of rotatable bonds is 7. The van der Waals surface area contributed by atoms with Crippen molar-refractivity contribution in [2.45, 2.75) is 51.9 Å². The SMILES string of the molecule is CC(NC(=O)C(OCC1CCCO1)C(C)C)c1ccc(F)c(F)c1. The fraction of sp³-hybridized carbons (Fsp3) is 0.611. The molecule has 0 saturated carbocycles. The molecule has 4 nitrogen and oxygen atoms in total. The van der Waals surface area contributed by atoms with E-state index in [4.69, 9.17) is 9.47 Å². The number of hydrogen-bond donors (Lipinski definition) is 1.